The van der Waals surface area contributed by atoms with Crippen LogP contribution in [0.15, 0.2) is 41.8 Å². The Balaban J connectivity index is 1.66. The summed E-state index contributed by atoms with van der Waals surface area (Å²) < 4.78 is 37.6. The lowest BCUT2D eigenvalue weighted by Crippen LogP contribution is -2.24. The highest BCUT2D eigenvalue weighted by Crippen LogP contribution is 2.24. The van der Waals surface area contributed by atoms with E-state index in [1.807, 2.05) is 0 Å². The zero-order valence-corrected chi connectivity index (χ0v) is 16.8. The van der Waals surface area contributed by atoms with Gasteiger partial charge in [0.2, 0.25) is 0 Å². The number of amides is 2. The van der Waals surface area contributed by atoms with Crippen LogP contribution in [0.5, 0.6) is 11.5 Å². The second-order valence-corrected chi connectivity index (χ2v) is 6.83. The highest BCUT2D eigenvalue weighted by molar-refractivity contribution is 7.14. The predicted octanol–water partition coefficient (Wildman–Crippen LogP) is 3.62. The number of nitrogens with one attached hydrogen (secondary N) is 2. The maximum atomic E-state index is 13.7. The molecule has 0 spiro atoms. The van der Waals surface area contributed by atoms with Gasteiger partial charge in [-0.2, -0.15) is 0 Å². The van der Waals surface area contributed by atoms with Crippen LogP contribution in [-0.2, 0) is 6.54 Å². The molecule has 0 aliphatic heterocycles. The fraction of sp³-hybridized carbons (Fsp3) is 0.150. The van der Waals surface area contributed by atoms with Crippen molar-refractivity contribution in [1.82, 2.24) is 10.3 Å². The second-order valence-electron chi connectivity index (χ2n) is 5.98. The molecule has 0 aliphatic rings. The van der Waals surface area contributed by atoms with Crippen LogP contribution in [0, 0.1) is 11.6 Å². The molecule has 156 valence electrons. The minimum absolute atomic E-state index is 0.00951. The molecule has 3 aromatic rings. The Morgan fingerprint density at radius 3 is 2.27 bits per heavy atom. The first kappa shape index (κ1) is 21.2. The average molecular weight is 433 g/mol. The van der Waals surface area contributed by atoms with Crippen LogP contribution >= 0.6 is 11.3 Å². The lowest BCUT2D eigenvalue weighted by molar-refractivity contribution is 0.0944. The lowest BCUT2D eigenvalue weighted by Gasteiger charge is -2.08. The van der Waals surface area contributed by atoms with Gasteiger partial charge in [-0.15, -0.1) is 11.3 Å². The Bertz CT molecular complexity index is 1050. The van der Waals surface area contributed by atoms with Gasteiger partial charge < -0.3 is 14.8 Å². The van der Waals surface area contributed by atoms with Crippen molar-refractivity contribution < 1.29 is 27.8 Å². The number of anilines is 1. The molecule has 0 aliphatic carbocycles. The molecular weight excluding hydrogens is 416 g/mol. The number of thiazole rings is 1. The maximum absolute atomic E-state index is 13.7. The summed E-state index contributed by atoms with van der Waals surface area (Å²) in [6.07, 6.45) is 0. The van der Waals surface area contributed by atoms with E-state index in [4.69, 9.17) is 9.47 Å². The number of hydrogen-bond donors (Lipinski definition) is 2. The summed E-state index contributed by atoms with van der Waals surface area (Å²) in [5.41, 5.74) is 0.0410. The Hall–Kier alpha value is -3.53. The van der Waals surface area contributed by atoms with Crippen molar-refractivity contribution in [3.05, 3.63) is 70.2 Å². The first-order chi connectivity index (χ1) is 14.4. The fourth-order valence-corrected chi connectivity index (χ4v) is 3.19. The Labute approximate surface area is 174 Å². The summed E-state index contributed by atoms with van der Waals surface area (Å²) in [7, 11) is 2.94. The van der Waals surface area contributed by atoms with E-state index in [-0.39, 0.29) is 28.5 Å². The van der Waals surface area contributed by atoms with Crippen molar-refractivity contribution in [2.24, 2.45) is 0 Å². The molecule has 1 aromatic heterocycles. The van der Waals surface area contributed by atoms with Gasteiger partial charge in [-0.3, -0.25) is 14.9 Å². The van der Waals surface area contributed by atoms with Gasteiger partial charge in [-0.25, -0.2) is 13.8 Å². The number of hydrogen-bond acceptors (Lipinski definition) is 6. The molecule has 1 heterocycles. The minimum atomic E-state index is -0.754. The molecule has 0 radical (unpaired) electrons. The maximum Gasteiger partial charge on any atom is 0.271 e. The van der Waals surface area contributed by atoms with E-state index in [1.165, 1.54) is 37.8 Å². The minimum Gasteiger partial charge on any atom is -0.497 e. The van der Waals surface area contributed by atoms with Crippen LogP contribution in [0.4, 0.5) is 13.9 Å². The van der Waals surface area contributed by atoms with Gasteiger partial charge in [0.05, 0.1) is 14.2 Å². The van der Waals surface area contributed by atoms with E-state index >= 15 is 0 Å². The Kier molecular flexibility index (Phi) is 6.58. The largest absolute Gasteiger partial charge is 0.497 e. The molecule has 3 rings (SSSR count). The molecule has 0 atom stereocenters. The van der Waals surface area contributed by atoms with Crippen LogP contribution in [0.2, 0.25) is 0 Å². The number of ether oxygens (including phenoxy) is 2. The van der Waals surface area contributed by atoms with Crippen LogP contribution in [0.1, 0.15) is 26.4 Å². The van der Waals surface area contributed by atoms with E-state index in [0.29, 0.717) is 11.5 Å². The number of halogens is 2. The third kappa shape index (κ3) is 4.90. The van der Waals surface area contributed by atoms with Crippen LogP contribution in [0.25, 0.3) is 0 Å². The third-order valence-electron chi connectivity index (χ3n) is 4.06. The number of nitrogens with zero attached hydrogens (tertiary/aromatic N) is 1. The Morgan fingerprint density at radius 1 is 1.03 bits per heavy atom. The van der Waals surface area contributed by atoms with E-state index in [2.05, 4.69) is 15.6 Å². The van der Waals surface area contributed by atoms with Gasteiger partial charge in [-0.05, 0) is 24.3 Å². The van der Waals surface area contributed by atoms with E-state index in [9.17, 15) is 18.4 Å². The van der Waals surface area contributed by atoms with Gasteiger partial charge in [-0.1, -0.05) is 6.07 Å². The number of benzene rings is 2. The predicted molar refractivity (Wildman–Crippen MR) is 107 cm³/mol. The second kappa shape index (κ2) is 9.31. The van der Waals surface area contributed by atoms with E-state index in [1.54, 1.807) is 6.07 Å². The van der Waals surface area contributed by atoms with Gasteiger partial charge in [0.1, 0.15) is 28.8 Å². The number of carbonyl (C=O) groups excluding carboxylic acids is 2. The van der Waals surface area contributed by atoms with Crippen molar-refractivity contribution in [3.63, 3.8) is 0 Å². The van der Waals surface area contributed by atoms with Crippen LogP contribution in [0.3, 0.4) is 0 Å². The molecule has 7 nitrogen and oxygen atoms in total. The number of methoxy groups -OCH3 is 2. The molecule has 0 saturated carbocycles. The molecule has 0 fully saturated rings. The van der Waals surface area contributed by atoms with E-state index in [0.717, 1.165) is 23.5 Å². The van der Waals surface area contributed by atoms with Crippen molar-refractivity contribution in [3.8, 4) is 11.5 Å². The standard InChI is InChI=1S/C20H17F2N3O4S/c1-28-12-6-11(7-13(8-12)29-2)18(26)25-20-24-17(10-30-20)19(27)23-9-14-15(21)4-3-5-16(14)22/h3-8,10H,9H2,1-2H3,(H,23,27)(H,24,25,26). The lowest BCUT2D eigenvalue weighted by atomic mass is 10.2. The number of rotatable bonds is 7. The number of carbonyl (C=O) groups is 2. The molecule has 0 saturated heterocycles. The van der Waals surface area contributed by atoms with E-state index < -0.39 is 23.4 Å². The molecule has 10 heteroatoms. The first-order valence-electron chi connectivity index (χ1n) is 8.62. The molecule has 30 heavy (non-hydrogen) atoms. The topological polar surface area (TPSA) is 89.6 Å². The zero-order valence-electron chi connectivity index (χ0n) is 16.0. The van der Waals surface area contributed by atoms with Crippen molar-refractivity contribution in [1.29, 1.82) is 0 Å². The monoisotopic (exact) mass is 433 g/mol. The molecule has 2 aromatic carbocycles. The van der Waals surface area contributed by atoms with Crippen LogP contribution < -0.4 is 20.1 Å². The first-order valence-corrected chi connectivity index (χ1v) is 9.50. The van der Waals surface area contributed by atoms with Gasteiger partial charge in [0.15, 0.2) is 5.13 Å². The highest BCUT2D eigenvalue weighted by Gasteiger charge is 2.16. The molecule has 0 bridgehead atoms. The van der Waals surface area contributed by atoms with Crippen molar-refractivity contribution in [2.75, 3.05) is 19.5 Å². The molecule has 2 amide bonds. The van der Waals surface area contributed by atoms with Gasteiger partial charge >= 0.3 is 0 Å². The quantitative estimate of drug-likeness (QED) is 0.594. The summed E-state index contributed by atoms with van der Waals surface area (Å²) in [5.74, 6) is -1.72. The van der Waals surface area contributed by atoms with Crippen molar-refractivity contribution >= 4 is 28.3 Å². The van der Waals surface area contributed by atoms with Crippen LogP contribution in [-0.4, -0.2) is 31.0 Å². The third-order valence-corrected chi connectivity index (χ3v) is 4.82. The number of aromatic nitrogens is 1. The summed E-state index contributed by atoms with van der Waals surface area (Å²) >= 11 is 1.03. The summed E-state index contributed by atoms with van der Waals surface area (Å²) in [6.45, 7) is -0.333. The SMILES string of the molecule is COc1cc(OC)cc(C(=O)Nc2nc(C(=O)NCc3c(F)cccc3F)cs2)c1. The highest BCUT2D eigenvalue weighted by atomic mass is 32.1. The Morgan fingerprint density at radius 2 is 1.67 bits per heavy atom. The van der Waals surface area contributed by atoms with Gasteiger partial charge in [0.25, 0.3) is 11.8 Å². The van der Waals surface area contributed by atoms with Gasteiger partial charge in [0, 0.05) is 29.1 Å². The average Bonchev–Trinajstić information content (AvgIpc) is 3.21. The fourth-order valence-electron chi connectivity index (χ4n) is 2.50. The summed E-state index contributed by atoms with van der Waals surface area (Å²) in [4.78, 5) is 28.7. The summed E-state index contributed by atoms with van der Waals surface area (Å²) in [6, 6.07) is 8.14. The molecular formula is C20H17F2N3O4S. The van der Waals surface area contributed by atoms with Crippen molar-refractivity contribution in [2.45, 2.75) is 6.54 Å². The normalized spacial score (nSPS) is 10.4. The summed E-state index contributed by atoms with van der Waals surface area (Å²) in [5, 5.41) is 6.60. The molecule has 0 unspecified atom stereocenters. The smallest absolute Gasteiger partial charge is 0.271 e. The zero-order chi connectivity index (χ0) is 21.7. The molecule has 2 N–H and O–H groups in total.